The molecular weight excluding hydrogens is 338 g/mol. The predicted molar refractivity (Wildman–Crippen MR) is 97.6 cm³/mol. The molecule has 1 aliphatic heterocycles. The number of rotatable bonds is 6. The third kappa shape index (κ3) is 4.52. The Morgan fingerprint density at radius 2 is 1.84 bits per heavy atom. The Balaban J connectivity index is 1.86. The summed E-state index contributed by atoms with van der Waals surface area (Å²) in [5.41, 5.74) is 1.28. The van der Waals surface area contributed by atoms with E-state index in [-0.39, 0.29) is 16.4 Å². The van der Waals surface area contributed by atoms with Gasteiger partial charge in [0.1, 0.15) is 18.5 Å². The van der Waals surface area contributed by atoms with E-state index in [0.717, 1.165) is 17.9 Å². The minimum absolute atomic E-state index is 0.170. The molecule has 1 fully saturated rings. The second kappa shape index (κ2) is 6.69. The largest absolute Gasteiger partial charge is 0.490 e. The van der Waals surface area contributed by atoms with Crippen LogP contribution in [0.2, 0.25) is 0 Å². The van der Waals surface area contributed by atoms with Crippen molar-refractivity contribution in [3.63, 3.8) is 0 Å². The molecule has 3 rings (SSSR count). The van der Waals surface area contributed by atoms with Gasteiger partial charge >= 0.3 is 0 Å². The van der Waals surface area contributed by atoms with Crippen molar-refractivity contribution in [1.29, 1.82) is 0 Å². The first-order valence-electron chi connectivity index (χ1n) is 8.22. The summed E-state index contributed by atoms with van der Waals surface area (Å²) in [6.07, 6.45) is 0.170. The molecule has 2 aromatic carbocycles. The van der Waals surface area contributed by atoms with E-state index in [2.05, 4.69) is 25.5 Å². The van der Waals surface area contributed by atoms with E-state index in [9.17, 15) is 8.42 Å². The lowest BCUT2D eigenvalue weighted by molar-refractivity contribution is 0.258. The first-order valence-corrected chi connectivity index (χ1v) is 9.71. The van der Waals surface area contributed by atoms with E-state index < -0.39 is 10.0 Å². The van der Waals surface area contributed by atoms with Crippen LogP contribution in [0.15, 0.2) is 53.4 Å². The lowest BCUT2D eigenvalue weighted by Crippen LogP contribution is -2.17. The van der Waals surface area contributed by atoms with Crippen molar-refractivity contribution in [2.75, 3.05) is 17.9 Å². The maximum atomic E-state index is 12.5. The lowest BCUT2D eigenvalue weighted by Gasteiger charge is -2.24. The van der Waals surface area contributed by atoms with Gasteiger partial charge < -0.3 is 9.47 Å². The van der Waals surface area contributed by atoms with Gasteiger partial charge in [0.2, 0.25) is 0 Å². The molecule has 1 N–H and O–H groups in total. The first kappa shape index (κ1) is 17.8. The molecule has 0 spiro atoms. The lowest BCUT2D eigenvalue weighted by atomic mass is 9.86. The summed E-state index contributed by atoms with van der Waals surface area (Å²) in [5, 5.41) is 0. The van der Waals surface area contributed by atoms with E-state index in [1.54, 1.807) is 36.4 Å². The van der Waals surface area contributed by atoms with E-state index in [1.165, 1.54) is 0 Å². The summed E-state index contributed by atoms with van der Waals surface area (Å²) in [6, 6.07) is 13.7. The van der Waals surface area contributed by atoms with Crippen LogP contribution in [0.4, 0.5) is 5.69 Å². The second-order valence-electron chi connectivity index (χ2n) is 7.15. The summed E-state index contributed by atoms with van der Waals surface area (Å²) in [4.78, 5) is 0.235. The summed E-state index contributed by atoms with van der Waals surface area (Å²) in [6.45, 7) is 7.45. The second-order valence-corrected chi connectivity index (χ2v) is 8.83. The average molecular weight is 361 g/mol. The van der Waals surface area contributed by atoms with Crippen LogP contribution in [-0.4, -0.2) is 27.7 Å². The number of hydrogen-bond acceptors (Lipinski definition) is 4. The van der Waals surface area contributed by atoms with Crippen LogP contribution in [-0.2, 0) is 20.2 Å². The monoisotopic (exact) mass is 361 g/mol. The Hall–Kier alpha value is -2.05. The van der Waals surface area contributed by atoms with Gasteiger partial charge in [-0.2, -0.15) is 0 Å². The molecule has 0 radical (unpaired) electrons. The Morgan fingerprint density at radius 3 is 2.44 bits per heavy atom. The summed E-state index contributed by atoms with van der Waals surface area (Å²) >= 11 is 0. The van der Waals surface area contributed by atoms with Crippen LogP contribution in [0.3, 0.4) is 0 Å². The first-order chi connectivity index (χ1) is 11.8. The van der Waals surface area contributed by atoms with Crippen molar-refractivity contribution in [3.05, 3.63) is 54.1 Å². The number of hydrogen-bond donors (Lipinski definition) is 1. The molecule has 1 heterocycles. The number of sulfonamides is 1. The molecule has 5 nitrogen and oxygen atoms in total. The van der Waals surface area contributed by atoms with Gasteiger partial charge in [-0.25, -0.2) is 8.42 Å². The average Bonchev–Trinajstić information content (AvgIpc) is 3.37. The third-order valence-electron chi connectivity index (χ3n) is 3.92. The van der Waals surface area contributed by atoms with Crippen LogP contribution in [0.1, 0.15) is 26.3 Å². The van der Waals surface area contributed by atoms with Crippen molar-refractivity contribution in [2.45, 2.75) is 37.2 Å². The molecule has 0 aliphatic carbocycles. The van der Waals surface area contributed by atoms with E-state index in [4.69, 9.17) is 9.47 Å². The highest BCUT2D eigenvalue weighted by Crippen LogP contribution is 2.34. The number of nitrogens with one attached hydrogen (secondary N) is 1. The molecule has 2 aromatic rings. The maximum Gasteiger partial charge on any atom is 0.261 e. The predicted octanol–water partition coefficient (Wildman–Crippen LogP) is 3.56. The molecule has 134 valence electrons. The Bertz CT molecular complexity index is 837. The van der Waals surface area contributed by atoms with Gasteiger partial charge in [0.25, 0.3) is 10.0 Å². The van der Waals surface area contributed by atoms with E-state index in [1.807, 2.05) is 12.1 Å². The standard InChI is InChI=1S/C19H23NO4S/c1-19(2,3)17-11-14(9-10-18(17)24-13-15-12-23-15)20-25(21,22)16-7-5-4-6-8-16/h4-11,15,20H,12-13H2,1-3H3. The van der Waals surface area contributed by atoms with Gasteiger partial charge in [-0.15, -0.1) is 0 Å². The van der Waals surface area contributed by atoms with Crippen LogP contribution in [0.25, 0.3) is 0 Å². The zero-order valence-corrected chi connectivity index (χ0v) is 15.5. The number of anilines is 1. The van der Waals surface area contributed by atoms with Gasteiger partial charge in [0, 0.05) is 11.3 Å². The van der Waals surface area contributed by atoms with Gasteiger partial charge in [-0.3, -0.25) is 4.72 Å². The topological polar surface area (TPSA) is 67.9 Å². The molecule has 0 saturated carbocycles. The molecule has 0 bridgehead atoms. The number of benzene rings is 2. The Kier molecular flexibility index (Phi) is 4.75. The van der Waals surface area contributed by atoms with E-state index in [0.29, 0.717) is 12.3 Å². The molecule has 0 amide bonds. The fourth-order valence-corrected chi connectivity index (χ4v) is 3.54. The summed E-state index contributed by atoms with van der Waals surface area (Å²) in [5.74, 6) is 0.755. The van der Waals surface area contributed by atoms with Crippen molar-refractivity contribution >= 4 is 15.7 Å². The van der Waals surface area contributed by atoms with Crippen LogP contribution in [0.5, 0.6) is 5.75 Å². The van der Waals surface area contributed by atoms with Gasteiger partial charge in [0.15, 0.2) is 0 Å². The van der Waals surface area contributed by atoms with Crippen molar-refractivity contribution in [1.82, 2.24) is 0 Å². The van der Waals surface area contributed by atoms with Crippen LogP contribution in [0, 0.1) is 0 Å². The SMILES string of the molecule is CC(C)(C)c1cc(NS(=O)(=O)c2ccccc2)ccc1OCC1CO1. The molecular formula is C19H23NO4S. The zero-order chi connectivity index (χ0) is 18.1. The molecule has 25 heavy (non-hydrogen) atoms. The maximum absolute atomic E-state index is 12.5. The van der Waals surface area contributed by atoms with Gasteiger partial charge in [-0.1, -0.05) is 39.0 Å². The minimum atomic E-state index is -3.61. The Labute approximate surface area is 149 Å². The molecule has 1 aliphatic rings. The molecule has 1 unspecified atom stereocenters. The summed E-state index contributed by atoms with van der Waals surface area (Å²) < 4.78 is 38.7. The van der Waals surface area contributed by atoms with Crippen molar-refractivity contribution in [2.24, 2.45) is 0 Å². The van der Waals surface area contributed by atoms with E-state index >= 15 is 0 Å². The fraction of sp³-hybridized carbons (Fsp3) is 0.368. The molecule has 0 aromatic heterocycles. The summed E-state index contributed by atoms with van der Waals surface area (Å²) in [7, 11) is -3.61. The van der Waals surface area contributed by atoms with Crippen molar-refractivity contribution < 1.29 is 17.9 Å². The third-order valence-corrected chi connectivity index (χ3v) is 5.32. The molecule has 1 saturated heterocycles. The highest BCUT2D eigenvalue weighted by molar-refractivity contribution is 7.92. The van der Waals surface area contributed by atoms with Gasteiger partial charge in [-0.05, 0) is 35.7 Å². The zero-order valence-electron chi connectivity index (χ0n) is 14.7. The number of epoxide rings is 1. The fourth-order valence-electron chi connectivity index (χ4n) is 2.47. The molecule has 6 heteroatoms. The minimum Gasteiger partial charge on any atom is -0.490 e. The smallest absolute Gasteiger partial charge is 0.261 e. The van der Waals surface area contributed by atoms with Crippen molar-refractivity contribution in [3.8, 4) is 5.75 Å². The quantitative estimate of drug-likeness (QED) is 0.799. The highest BCUT2D eigenvalue weighted by Gasteiger charge is 2.26. The Morgan fingerprint density at radius 1 is 1.16 bits per heavy atom. The van der Waals surface area contributed by atoms with Crippen LogP contribution < -0.4 is 9.46 Å². The highest BCUT2D eigenvalue weighted by atomic mass is 32.2. The van der Waals surface area contributed by atoms with Crippen LogP contribution >= 0.6 is 0 Å². The van der Waals surface area contributed by atoms with Gasteiger partial charge in [0.05, 0.1) is 11.5 Å². The molecule has 1 atom stereocenters. The normalized spacial score (nSPS) is 17.2. The number of ether oxygens (including phenoxy) is 2.